The van der Waals surface area contributed by atoms with E-state index in [0.717, 1.165) is 25.7 Å². The van der Waals surface area contributed by atoms with Gasteiger partial charge in [-0.2, -0.15) is 0 Å². The van der Waals surface area contributed by atoms with E-state index in [1.54, 1.807) is 0 Å². The van der Waals surface area contributed by atoms with E-state index in [9.17, 15) is 9.59 Å². The Morgan fingerprint density at radius 2 is 1.94 bits per heavy atom. The Kier molecular flexibility index (Phi) is 4.78. The Morgan fingerprint density at radius 3 is 2.41 bits per heavy atom. The normalized spacial score (nSPS) is 18.1. The van der Waals surface area contributed by atoms with Crippen LogP contribution in [0.4, 0.5) is 4.79 Å². The third-order valence-electron chi connectivity index (χ3n) is 2.97. The number of carboxylic acids is 1. The molecule has 98 valence electrons. The first kappa shape index (κ1) is 13.8. The van der Waals surface area contributed by atoms with Crippen LogP contribution in [0.2, 0.25) is 0 Å². The van der Waals surface area contributed by atoms with Crippen molar-refractivity contribution in [2.45, 2.75) is 51.5 Å². The van der Waals surface area contributed by atoms with Crippen molar-refractivity contribution in [1.29, 1.82) is 0 Å². The minimum Gasteiger partial charge on any atom is -0.481 e. The number of rotatable bonds is 5. The molecule has 1 rings (SSSR count). The maximum atomic E-state index is 11.6. The molecule has 1 amide bonds. The first-order chi connectivity index (χ1) is 7.93. The highest BCUT2D eigenvalue weighted by Gasteiger charge is 2.37. The molecule has 1 fully saturated rings. The Hall–Kier alpha value is -1.26. The molecule has 0 bridgehead atoms. The van der Waals surface area contributed by atoms with Gasteiger partial charge in [0.05, 0.1) is 18.6 Å². The summed E-state index contributed by atoms with van der Waals surface area (Å²) in [6.45, 7) is 4.26. The van der Waals surface area contributed by atoms with Gasteiger partial charge in [-0.15, -0.1) is 0 Å². The van der Waals surface area contributed by atoms with Gasteiger partial charge in [-0.25, -0.2) is 4.79 Å². The van der Waals surface area contributed by atoms with Crippen LogP contribution in [0.1, 0.15) is 46.0 Å². The first-order valence-electron chi connectivity index (χ1n) is 6.10. The number of hydrogen-bond donors (Lipinski definition) is 2. The lowest BCUT2D eigenvalue weighted by molar-refractivity contribution is -0.138. The van der Waals surface area contributed by atoms with Crippen molar-refractivity contribution in [3.05, 3.63) is 0 Å². The topological polar surface area (TPSA) is 75.6 Å². The number of hydrogen-bond acceptors (Lipinski definition) is 3. The van der Waals surface area contributed by atoms with Crippen LogP contribution in [0.15, 0.2) is 0 Å². The molecular weight excluding hydrogens is 222 g/mol. The van der Waals surface area contributed by atoms with Crippen molar-refractivity contribution in [3.8, 4) is 0 Å². The van der Waals surface area contributed by atoms with Crippen LogP contribution >= 0.6 is 0 Å². The molecule has 1 saturated carbocycles. The number of aliphatic carboxylic acids is 1. The summed E-state index contributed by atoms with van der Waals surface area (Å²) in [6, 6.07) is 0. The van der Waals surface area contributed by atoms with Gasteiger partial charge in [0, 0.05) is 0 Å². The Labute approximate surface area is 102 Å². The van der Waals surface area contributed by atoms with Crippen molar-refractivity contribution in [2.75, 3.05) is 6.61 Å². The fourth-order valence-electron chi connectivity index (χ4n) is 2.18. The molecule has 5 heteroatoms. The smallest absolute Gasteiger partial charge is 0.407 e. The molecule has 0 aliphatic heterocycles. The van der Waals surface area contributed by atoms with Crippen LogP contribution in [-0.2, 0) is 9.53 Å². The SMILES string of the molecule is CC(C)COC(=O)NC1(CC(=O)O)CCCC1. The molecule has 0 unspecified atom stereocenters. The lowest BCUT2D eigenvalue weighted by atomic mass is 9.93. The summed E-state index contributed by atoms with van der Waals surface area (Å²) in [6.07, 6.45) is 2.83. The van der Waals surface area contributed by atoms with Crippen LogP contribution in [0.5, 0.6) is 0 Å². The predicted octanol–water partition coefficient (Wildman–Crippen LogP) is 2.16. The van der Waals surface area contributed by atoms with Gasteiger partial charge in [-0.3, -0.25) is 4.79 Å². The Balaban J connectivity index is 2.49. The van der Waals surface area contributed by atoms with Gasteiger partial charge in [0.15, 0.2) is 0 Å². The van der Waals surface area contributed by atoms with Gasteiger partial charge in [0.25, 0.3) is 0 Å². The van der Waals surface area contributed by atoms with Gasteiger partial charge < -0.3 is 15.2 Å². The second kappa shape index (κ2) is 5.89. The summed E-state index contributed by atoms with van der Waals surface area (Å²) < 4.78 is 5.03. The zero-order chi connectivity index (χ0) is 12.9. The number of amides is 1. The number of alkyl carbamates (subject to hydrolysis) is 1. The van der Waals surface area contributed by atoms with E-state index in [1.807, 2.05) is 13.8 Å². The first-order valence-corrected chi connectivity index (χ1v) is 6.10. The highest BCUT2D eigenvalue weighted by Crippen LogP contribution is 2.32. The molecule has 5 nitrogen and oxygen atoms in total. The number of carbonyl (C=O) groups is 2. The molecule has 0 saturated heterocycles. The maximum absolute atomic E-state index is 11.6. The van der Waals surface area contributed by atoms with E-state index in [1.165, 1.54) is 0 Å². The number of ether oxygens (including phenoxy) is 1. The molecule has 17 heavy (non-hydrogen) atoms. The van der Waals surface area contributed by atoms with Crippen LogP contribution in [0, 0.1) is 5.92 Å². The van der Waals surface area contributed by atoms with Gasteiger partial charge >= 0.3 is 12.1 Å². The van der Waals surface area contributed by atoms with Gasteiger partial charge in [0.2, 0.25) is 0 Å². The molecule has 2 N–H and O–H groups in total. The average molecular weight is 243 g/mol. The second-order valence-corrected chi connectivity index (χ2v) is 5.18. The predicted molar refractivity (Wildman–Crippen MR) is 62.8 cm³/mol. The van der Waals surface area contributed by atoms with Crippen LogP contribution in [0.3, 0.4) is 0 Å². The van der Waals surface area contributed by atoms with Crippen molar-refractivity contribution >= 4 is 12.1 Å². The summed E-state index contributed by atoms with van der Waals surface area (Å²) in [4.78, 5) is 22.4. The minimum absolute atomic E-state index is 0.0240. The summed E-state index contributed by atoms with van der Waals surface area (Å²) >= 11 is 0. The Bertz CT molecular complexity index is 282. The zero-order valence-corrected chi connectivity index (χ0v) is 10.5. The third-order valence-corrected chi connectivity index (χ3v) is 2.97. The third kappa shape index (κ3) is 4.63. The molecular formula is C12H21NO4. The summed E-state index contributed by atoms with van der Waals surface area (Å²) in [7, 11) is 0. The fraction of sp³-hybridized carbons (Fsp3) is 0.833. The van der Waals surface area contributed by atoms with Gasteiger partial charge in [0.1, 0.15) is 0 Å². The summed E-state index contributed by atoms with van der Waals surface area (Å²) in [5, 5.41) is 11.6. The lowest BCUT2D eigenvalue weighted by Gasteiger charge is -2.28. The number of carboxylic acid groups (broad SMARTS) is 1. The van der Waals surface area contributed by atoms with E-state index in [4.69, 9.17) is 9.84 Å². The van der Waals surface area contributed by atoms with E-state index < -0.39 is 17.6 Å². The van der Waals surface area contributed by atoms with Crippen molar-refractivity contribution in [3.63, 3.8) is 0 Å². The van der Waals surface area contributed by atoms with E-state index >= 15 is 0 Å². The molecule has 0 aromatic rings. The van der Waals surface area contributed by atoms with Crippen molar-refractivity contribution in [1.82, 2.24) is 5.32 Å². The van der Waals surface area contributed by atoms with Crippen LogP contribution in [-0.4, -0.2) is 29.3 Å². The minimum atomic E-state index is -0.879. The van der Waals surface area contributed by atoms with E-state index in [0.29, 0.717) is 6.61 Å². The van der Waals surface area contributed by atoms with Gasteiger partial charge in [-0.05, 0) is 18.8 Å². The van der Waals surface area contributed by atoms with Crippen molar-refractivity contribution < 1.29 is 19.4 Å². The highest BCUT2D eigenvalue weighted by atomic mass is 16.5. The molecule has 0 aromatic heterocycles. The quantitative estimate of drug-likeness (QED) is 0.775. The monoisotopic (exact) mass is 243 g/mol. The average Bonchev–Trinajstić information content (AvgIpc) is 2.62. The lowest BCUT2D eigenvalue weighted by Crippen LogP contribution is -2.48. The highest BCUT2D eigenvalue weighted by molar-refractivity contribution is 5.72. The molecule has 0 spiro atoms. The fourth-order valence-corrected chi connectivity index (χ4v) is 2.18. The second-order valence-electron chi connectivity index (χ2n) is 5.18. The largest absolute Gasteiger partial charge is 0.481 e. The number of carbonyl (C=O) groups excluding carboxylic acids is 1. The molecule has 0 radical (unpaired) electrons. The van der Waals surface area contributed by atoms with Crippen LogP contribution < -0.4 is 5.32 Å². The van der Waals surface area contributed by atoms with E-state index in [-0.39, 0.29) is 12.3 Å². The number of nitrogens with one attached hydrogen (secondary N) is 1. The zero-order valence-electron chi connectivity index (χ0n) is 10.5. The summed E-state index contributed by atoms with van der Waals surface area (Å²) in [5.41, 5.74) is -0.597. The molecule has 0 heterocycles. The molecule has 0 atom stereocenters. The standard InChI is InChI=1S/C12H21NO4/c1-9(2)8-17-11(16)13-12(7-10(14)15)5-3-4-6-12/h9H,3-8H2,1-2H3,(H,13,16)(H,14,15). The Morgan fingerprint density at radius 1 is 1.35 bits per heavy atom. The summed E-state index contributed by atoms with van der Waals surface area (Å²) in [5.74, 6) is -0.601. The van der Waals surface area contributed by atoms with Crippen molar-refractivity contribution in [2.24, 2.45) is 5.92 Å². The van der Waals surface area contributed by atoms with Gasteiger partial charge in [-0.1, -0.05) is 26.7 Å². The molecule has 0 aromatic carbocycles. The maximum Gasteiger partial charge on any atom is 0.407 e. The molecule has 1 aliphatic carbocycles. The van der Waals surface area contributed by atoms with E-state index in [2.05, 4.69) is 5.32 Å². The molecule has 1 aliphatic rings. The van der Waals surface area contributed by atoms with Crippen LogP contribution in [0.25, 0.3) is 0 Å².